The minimum atomic E-state index is -3.28. The number of rotatable bonds is 18. The minimum absolute atomic E-state index is 0.0924. The maximum atomic E-state index is 13.4. The first kappa shape index (κ1) is 38.6. The van der Waals surface area contributed by atoms with Crippen molar-refractivity contribution in [3.63, 3.8) is 0 Å². The average molecular weight is 677 g/mol. The molecule has 0 aliphatic heterocycles. The molecule has 47 heavy (non-hydrogen) atoms. The molecule has 9 atom stereocenters. The lowest BCUT2D eigenvalue weighted by Gasteiger charge is -2.58. The number of allylic oxidation sites excluding steroid dienone is 1. The predicted molar refractivity (Wildman–Crippen MR) is 194 cm³/mol. The summed E-state index contributed by atoms with van der Waals surface area (Å²) >= 11 is 0. The number of fused-ring (bicyclic) bond motifs is 5. The van der Waals surface area contributed by atoms with Crippen molar-refractivity contribution in [1.29, 1.82) is 0 Å². The topological polar surface area (TPSA) is 129 Å². The van der Waals surface area contributed by atoms with Crippen molar-refractivity contribution in [2.45, 2.75) is 124 Å². The molecular formula is C38H69N4O4P. The molecule has 270 valence electrons. The lowest BCUT2D eigenvalue weighted by molar-refractivity contribution is -0.118. The summed E-state index contributed by atoms with van der Waals surface area (Å²) in [6.45, 7) is 16.0. The first-order valence-electron chi connectivity index (χ1n) is 19.1. The lowest BCUT2D eigenvalue weighted by atomic mass is 9.47. The summed E-state index contributed by atoms with van der Waals surface area (Å²) in [5.41, 5.74) is 13.9. The monoisotopic (exact) mass is 677 g/mol. The molecule has 0 spiro atoms. The Morgan fingerprint density at radius 3 is 2.53 bits per heavy atom. The number of carbonyl (C=O) groups is 1. The Labute approximate surface area is 286 Å². The van der Waals surface area contributed by atoms with E-state index in [0.29, 0.717) is 37.2 Å². The van der Waals surface area contributed by atoms with Crippen LogP contribution in [0.1, 0.15) is 118 Å². The second-order valence-corrected chi connectivity index (χ2v) is 18.4. The van der Waals surface area contributed by atoms with E-state index in [1.165, 1.54) is 56.9 Å². The van der Waals surface area contributed by atoms with E-state index in [2.05, 4.69) is 51.3 Å². The molecular weight excluding hydrogens is 607 g/mol. The van der Waals surface area contributed by atoms with Crippen molar-refractivity contribution in [2.75, 3.05) is 39.5 Å². The second-order valence-electron chi connectivity index (χ2n) is 16.4. The molecule has 0 bridgehead atoms. The molecule has 3 fully saturated rings. The summed E-state index contributed by atoms with van der Waals surface area (Å²) in [6.07, 6.45) is 19.4. The van der Waals surface area contributed by atoms with Crippen LogP contribution in [0.15, 0.2) is 23.4 Å². The molecule has 0 aromatic heterocycles. The zero-order valence-electron chi connectivity index (χ0n) is 30.7. The number of hydrogen-bond donors (Lipinski definition) is 4. The first-order chi connectivity index (χ1) is 22.3. The van der Waals surface area contributed by atoms with Crippen LogP contribution in [-0.4, -0.2) is 51.5 Å². The summed E-state index contributed by atoms with van der Waals surface area (Å²) in [5, 5.41) is 5.98. The van der Waals surface area contributed by atoms with Gasteiger partial charge in [0.25, 0.3) is 5.91 Å². The van der Waals surface area contributed by atoms with Gasteiger partial charge in [0, 0.05) is 19.8 Å². The van der Waals surface area contributed by atoms with Crippen LogP contribution in [-0.2, 0) is 18.4 Å². The van der Waals surface area contributed by atoms with Crippen LogP contribution in [0.3, 0.4) is 0 Å². The highest BCUT2D eigenvalue weighted by Crippen LogP contribution is 2.67. The van der Waals surface area contributed by atoms with Gasteiger partial charge < -0.3 is 31.1 Å². The van der Waals surface area contributed by atoms with Crippen LogP contribution in [0.4, 0.5) is 0 Å². The summed E-state index contributed by atoms with van der Waals surface area (Å²) in [4.78, 5) is 12.7. The van der Waals surface area contributed by atoms with Gasteiger partial charge in [-0.2, -0.15) is 0 Å². The van der Waals surface area contributed by atoms with E-state index in [1.807, 2.05) is 0 Å². The van der Waals surface area contributed by atoms with E-state index < -0.39 is 7.60 Å². The third kappa shape index (κ3) is 9.54. The van der Waals surface area contributed by atoms with E-state index in [4.69, 9.17) is 20.5 Å². The van der Waals surface area contributed by atoms with Crippen LogP contribution in [0.25, 0.3) is 0 Å². The quantitative estimate of drug-likeness (QED) is 0.0511. The molecule has 1 amide bonds. The Morgan fingerprint density at radius 1 is 1.02 bits per heavy atom. The van der Waals surface area contributed by atoms with Crippen LogP contribution in [0.5, 0.6) is 0 Å². The molecule has 9 unspecified atom stereocenters. The van der Waals surface area contributed by atoms with E-state index in [1.54, 1.807) is 12.7 Å². The van der Waals surface area contributed by atoms with E-state index >= 15 is 0 Å². The molecule has 0 saturated heterocycles. The van der Waals surface area contributed by atoms with E-state index in [9.17, 15) is 9.36 Å². The standard InChI is InChI=1S/C38H69N4O4P/c1-27(2)10-7-11-28(3)32-15-16-33-31-14-13-29-26-30(17-19-37(29,4)34(31)18-20-38(32,33)5)46-47(6,44)45-25-24-42-36(43)35(12-8-21-39)41-23-9-22-40/h12-13,27-28,30-34,41H,7-11,14-26,39-40H2,1-6H3,(H,42,43)/b35-12+. The van der Waals surface area contributed by atoms with Gasteiger partial charge in [-0.1, -0.05) is 71.6 Å². The van der Waals surface area contributed by atoms with Gasteiger partial charge in [0.15, 0.2) is 0 Å². The maximum Gasteiger partial charge on any atom is 0.327 e. The molecule has 9 heteroatoms. The SMILES string of the molecule is CC(C)CCCC(C)C1CCC2C3CC=C4CC(OP(C)(=O)OCCNC(=O)/C(=C\CCN)NCCCN)CCC4(C)C3CCC12C. The fourth-order valence-electron chi connectivity index (χ4n) is 10.3. The Morgan fingerprint density at radius 2 is 1.81 bits per heavy atom. The van der Waals surface area contributed by atoms with Gasteiger partial charge in [-0.15, -0.1) is 0 Å². The summed E-state index contributed by atoms with van der Waals surface area (Å²) in [6, 6.07) is 0. The van der Waals surface area contributed by atoms with Gasteiger partial charge in [0.2, 0.25) is 0 Å². The molecule has 0 radical (unpaired) electrons. The Bertz CT molecular complexity index is 1140. The zero-order chi connectivity index (χ0) is 34.2. The number of amides is 1. The van der Waals surface area contributed by atoms with Crippen LogP contribution < -0.4 is 22.1 Å². The van der Waals surface area contributed by atoms with Crippen LogP contribution in [0.2, 0.25) is 0 Å². The molecule has 0 heterocycles. The summed E-state index contributed by atoms with van der Waals surface area (Å²) in [5.74, 6) is 4.68. The van der Waals surface area contributed by atoms with Crippen molar-refractivity contribution < 1.29 is 18.4 Å². The first-order valence-corrected chi connectivity index (χ1v) is 21.1. The lowest BCUT2D eigenvalue weighted by Crippen LogP contribution is -2.51. The largest absolute Gasteiger partial charge is 0.381 e. The third-order valence-corrected chi connectivity index (χ3v) is 14.1. The maximum absolute atomic E-state index is 13.4. The highest BCUT2D eigenvalue weighted by molar-refractivity contribution is 7.53. The number of carbonyl (C=O) groups excluding carboxylic acids is 1. The van der Waals surface area contributed by atoms with Crippen molar-refractivity contribution >= 4 is 13.5 Å². The summed E-state index contributed by atoms with van der Waals surface area (Å²) in [7, 11) is -3.28. The smallest absolute Gasteiger partial charge is 0.327 e. The Balaban J connectivity index is 1.28. The van der Waals surface area contributed by atoms with E-state index in [0.717, 1.165) is 61.2 Å². The van der Waals surface area contributed by atoms with Crippen molar-refractivity contribution in [3.05, 3.63) is 23.4 Å². The Hall–Kier alpha value is -1.18. The fourth-order valence-corrected chi connectivity index (χ4v) is 11.5. The molecule has 0 aromatic carbocycles. The Kier molecular flexibility index (Phi) is 14.1. The molecule has 8 nitrogen and oxygen atoms in total. The van der Waals surface area contributed by atoms with Crippen LogP contribution in [0, 0.1) is 46.3 Å². The van der Waals surface area contributed by atoms with Crippen molar-refractivity contribution in [1.82, 2.24) is 10.6 Å². The highest BCUT2D eigenvalue weighted by Gasteiger charge is 2.59. The molecule has 4 rings (SSSR count). The third-order valence-electron chi connectivity index (χ3n) is 12.8. The van der Waals surface area contributed by atoms with Crippen LogP contribution >= 0.6 is 7.60 Å². The molecule has 3 saturated carbocycles. The van der Waals surface area contributed by atoms with Gasteiger partial charge in [-0.3, -0.25) is 9.36 Å². The molecule has 6 N–H and O–H groups in total. The number of nitrogens with one attached hydrogen (secondary N) is 2. The number of hydrogen-bond acceptors (Lipinski definition) is 7. The predicted octanol–water partition coefficient (Wildman–Crippen LogP) is 7.54. The zero-order valence-corrected chi connectivity index (χ0v) is 31.6. The molecule has 4 aliphatic rings. The molecule has 4 aliphatic carbocycles. The number of nitrogens with two attached hydrogens (primary N) is 2. The van der Waals surface area contributed by atoms with Gasteiger partial charge in [0.05, 0.1) is 18.4 Å². The van der Waals surface area contributed by atoms with Gasteiger partial charge >= 0.3 is 7.60 Å². The second kappa shape index (κ2) is 17.2. The van der Waals surface area contributed by atoms with E-state index in [-0.39, 0.29) is 30.6 Å². The highest BCUT2D eigenvalue weighted by atomic mass is 31.2. The minimum Gasteiger partial charge on any atom is -0.381 e. The van der Waals surface area contributed by atoms with Crippen molar-refractivity contribution in [3.8, 4) is 0 Å². The normalized spacial score (nSPS) is 34.1. The van der Waals surface area contributed by atoms with Gasteiger partial charge in [-0.25, -0.2) is 0 Å². The summed E-state index contributed by atoms with van der Waals surface area (Å²) < 4.78 is 25.3. The fraction of sp³-hybridized carbons (Fsp3) is 0.868. The average Bonchev–Trinajstić information content (AvgIpc) is 3.38. The van der Waals surface area contributed by atoms with Crippen molar-refractivity contribution in [2.24, 2.45) is 57.8 Å². The molecule has 0 aromatic rings. The van der Waals surface area contributed by atoms with Gasteiger partial charge in [0.1, 0.15) is 0 Å². The van der Waals surface area contributed by atoms with Gasteiger partial charge in [-0.05, 0) is 124 Å².